The summed E-state index contributed by atoms with van der Waals surface area (Å²) < 4.78 is 7.04. The molecule has 4 rings (SSSR count). The minimum Gasteiger partial charge on any atom is -0.356 e. The Morgan fingerprint density at radius 3 is 2.69 bits per heavy atom. The lowest BCUT2D eigenvalue weighted by Crippen LogP contribution is -2.26. The Morgan fingerprint density at radius 2 is 1.86 bits per heavy atom. The van der Waals surface area contributed by atoms with Gasteiger partial charge in [-0.1, -0.05) is 23.4 Å². The molecule has 8 heteroatoms. The quantitative estimate of drug-likeness (QED) is 0.498. The first-order valence-corrected chi connectivity index (χ1v) is 9.37. The molecular weight excluding hydrogens is 368 g/mol. The van der Waals surface area contributed by atoms with Crippen molar-refractivity contribution in [2.75, 3.05) is 6.54 Å². The molecule has 0 radical (unpaired) electrons. The third-order valence-electron chi connectivity index (χ3n) is 4.34. The number of amides is 1. The van der Waals surface area contributed by atoms with E-state index in [1.807, 2.05) is 47.3 Å². The van der Waals surface area contributed by atoms with Crippen LogP contribution in [0.1, 0.15) is 18.0 Å². The molecule has 0 aliphatic carbocycles. The molecule has 3 heterocycles. The van der Waals surface area contributed by atoms with Crippen LogP contribution in [0.2, 0.25) is 0 Å². The molecule has 0 saturated carbocycles. The molecule has 3 aromatic heterocycles. The predicted molar refractivity (Wildman–Crippen MR) is 106 cm³/mol. The second kappa shape index (κ2) is 8.92. The highest BCUT2D eigenvalue weighted by atomic mass is 16.5. The van der Waals surface area contributed by atoms with E-state index >= 15 is 0 Å². The van der Waals surface area contributed by atoms with Gasteiger partial charge in [0.1, 0.15) is 0 Å². The van der Waals surface area contributed by atoms with Gasteiger partial charge in [-0.15, -0.1) is 0 Å². The van der Waals surface area contributed by atoms with Gasteiger partial charge in [0.15, 0.2) is 0 Å². The summed E-state index contributed by atoms with van der Waals surface area (Å²) in [5, 5.41) is 11.4. The van der Waals surface area contributed by atoms with Crippen LogP contribution in [0.4, 0.5) is 0 Å². The summed E-state index contributed by atoms with van der Waals surface area (Å²) >= 11 is 0. The van der Waals surface area contributed by atoms with E-state index in [0.29, 0.717) is 31.1 Å². The Morgan fingerprint density at radius 1 is 1.03 bits per heavy atom. The fraction of sp³-hybridized carbons (Fsp3) is 0.190. The maximum Gasteiger partial charge on any atom is 0.227 e. The molecule has 146 valence electrons. The summed E-state index contributed by atoms with van der Waals surface area (Å²) in [5.74, 6) is 0.876. The predicted octanol–water partition coefficient (Wildman–Crippen LogP) is 2.61. The third-order valence-corrected chi connectivity index (χ3v) is 4.34. The van der Waals surface area contributed by atoms with E-state index < -0.39 is 0 Å². The first-order valence-electron chi connectivity index (χ1n) is 9.37. The van der Waals surface area contributed by atoms with Crippen LogP contribution < -0.4 is 5.32 Å². The zero-order valence-corrected chi connectivity index (χ0v) is 15.7. The fourth-order valence-corrected chi connectivity index (χ4v) is 2.83. The molecule has 29 heavy (non-hydrogen) atoms. The molecule has 8 nitrogen and oxygen atoms in total. The Labute approximate surface area is 167 Å². The van der Waals surface area contributed by atoms with Crippen molar-refractivity contribution in [2.45, 2.75) is 19.3 Å². The molecular formula is C21H20N6O2. The lowest BCUT2D eigenvalue weighted by atomic mass is 10.2. The van der Waals surface area contributed by atoms with Gasteiger partial charge in [-0.25, -0.2) is 4.68 Å². The Kier molecular flexibility index (Phi) is 5.70. The molecule has 0 aliphatic heterocycles. The second-order valence-corrected chi connectivity index (χ2v) is 6.43. The normalized spacial score (nSPS) is 10.8. The van der Waals surface area contributed by atoms with E-state index in [1.165, 1.54) is 0 Å². The molecule has 0 aliphatic rings. The van der Waals surface area contributed by atoms with E-state index in [2.05, 4.69) is 25.5 Å². The van der Waals surface area contributed by atoms with Gasteiger partial charge < -0.3 is 9.84 Å². The standard InChI is InChI=1S/C21H20N6O2/c28-19(6-7-20-24-21(26-29-20)16-8-12-22-13-9-16)23-14-10-17-11-15-27(25-17)18-4-2-1-3-5-18/h1-5,8-9,11-13,15H,6-7,10,14H2,(H,23,28). The molecule has 1 aromatic carbocycles. The minimum absolute atomic E-state index is 0.0591. The lowest BCUT2D eigenvalue weighted by Gasteiger charge is -2.03. The number of rotatable bonds is 8. The average molecular weight is 388 g/mol. The number of hydrogen-bond acceptors (Lipinski definition) is 6. The van der Waals surface area contributed by atoms with Crippen LogP contribution >= 0.6 is 0 Å². The highest BCUT2D eigenvalue weighted by molar-refractivity contribution is 5.76. The van der Waals surface area contributed by atoms with Crippen LogP contribution in [0.5, 0.6) is 0 Å². The zero-order valence-electron chi connectivity index (χ0n) is 15.7. The Hall–Kier alpha value is -3.81. The minimum atomic E-state index is -0.0591. The number of aryl methyl sites for hydroxylation is 1. The molecule has 0 saturated heterocycles. The lowest BCUT2D eigenvalue weighted by molar-refractivity contribution is -0.121. The van der Waals surface area contributed by atoms with E-state index in [-0.39, 0.29) is 12.3 Å². The SMILES string of the molecule is O=C(CCc1nc(-c2ccncc2)no1)NCCc1ccn(-c2ccccc2)n1. The summed E-state index contributed by atoms with van der Waals surface area (Å²) in [5.41, 5.74) is 2.76. The molecule has 4 aromatic rings. The zero-order chi connectivity index (χ0) is 19.9. The highest BCUT2D eigenvalue weighted by Gasteiger charge is 2.10. The largest absolute Gasteiger partial charge is 0.356 e. The summed E-state index contributed by atoms with van der Waals surface area (Å²) in [6.07, 6.45) is 6.60. The molecule has 1 N–H and O–H groups in total. The summed E-state index contributed by atoms with van der Waals surface area (Å²) in [7, 11) is 0. The third kappa shape index (κ3) is 4.92. The number of carbonyl (C=O) groups is 1. The second-order valence-electron chi connectivity index (χ2n) is 6.43. The maximum atomic E-state index is 12.1. The van der Waals surface area contributed by atoms with Crippen LogP contribution in [0.15, 0.2) is 71.6 Å². The number of benzene rings is 1. The van der Waals surface area contributed by atoms with Crippen LogP contribution in [-0.2, 0) is 17.6 Å². The number of nitrogens with one attached hydrogen (secondary N) is 1. The van der Waals surface area contributed by atoms with Crippen LogP contribution in [0.3, 0.4) is 0 Å². The smallest absolute Gasteiger partial charge is 0.227 e. The van der Waals surface area contributed by atoms with Gasteiger partial charge in [-0.05, 0) is 30.3 Å². The van der Waals surface area contributed by atoms with Crippen molar-refractivity contribution < 1.29 is 9.32 Å². The van der Waals surface area contributed by atoms with Crippen LogP contribution in [-0.4, -0.2) is 37.4 Å². The van der Waals surface area contributed by atoms with E-state index in [9.17, 15) is 4.79 Å². The number of nitrogens with zero attached hydrogens (tertiary/aromatic N) is 5. The number of pyridine rings is 1. The van der Waals surface area contributed by atoms with Crippen molar-refractivity contribution in [3.63, 3.8) is 0 Å². The number of aromatic nitrogens is 5. The number of carbonyl (C=O) groups excluding carboxylic acids is 1. The van der Waals surface area contributed by atoms with Crippen molar-refractivity contribution >= 4 is 5.91 Å². The Balaban J connectivity index is 1.21. The molecule has 0 bridgehead atoms. The van der Waals surface area contributed by atoms with Crippen molar-refractivity contribution in [1.29, 1.82) is 0 Å². The van der Waals surface area contributed by atoms with E-state index in [0.717, 1.165) is 16.9 Å². The monoisotopic (exact) mass is 388 g/mol. The fourth-order valence-electron chi connectivity index (χ4n) is 2.83. The van der Waals surface area contributed by atoms with Crippen molar-refractivity contribution in [3.8, 4) is 17.1 Å². The summed E-state index contributed by atoms with van der Waals surface area (Å²) in [6, 6.07) is 15.5. The highest BCUT2D eigenvalue weighted by Crippen LogP contribution is 2.14. The first kappa shape index (κ1) is 18.5. The molecule has 1 amide bonds. The van der Waals surface area contributed by atoms with Gasteiger partial charge in [-0.3, -0.25) is 9.78 Å². The van der Waals surface area contributed by atoms with Crippen LogP contribution in [0.25, 0.3) is 17.1 Å². The van der Waals surface area contributed by atoms with Crippen molar-refractivity contribution in [3.05, 3.63) is 78.7 Å². The van der Waals surface area contributed by atoms with E-state index in [1.54, 1.807) is 24.5 Å². The van der Waals surface area contributed by atoms with Gasteiger partial charge in [-0.2, -0.15) is 10.1 Å². The van der Waals surface area contributed by atoms with Gasteiger partial charge in [0.2, 0.25) is 17.6 Å². The van der Waals surface area contributed by atoms with E-state index in [4.69, 9.17) is 4.52 Å². The Bertz CT molecular complexity index is 1060. The first-order chi connectivity index (χ1) is 14.3. The molecule has 0 spiro atoms. The maximum absolute atomic E-state index is 12.1. The van der Waals surface area contributed by atoms with Gasteiger partial charge in [0.05, 0.1) is 11.4 Å². The van der Waals surface area contributed by atoms with Crippen molar-refractivity contribution in [2.24, 2.45) is 0 Å². The van der Waals surface area contributed by atoms with Gasteiger partial charge in [0.25, 0.3) is 0 Å². The molecule has 0 unspecified atom stereocenters. The molecule has 0 fully saturated rings. The van der Waals surface area contributed by atoms with Crippen molar-refractivity contribution in [1.82, 2.24) is 30.2 Å². The van der Waals surface area contributed by atoms with Gasteiger partial charge in [0, 0.05) is 50.0 Å². The summed E-state index contributed by atoms with van der Waals surface area (Å²) in [6.45, 7) is 0.525. The van der Waals surface area contributed by atoms with Crippen LogP contribution in [0, 0.1) is 0 Å². The molecule has 0 atom stereocenters. The topological polar surface area (TPSA) is 98.7 Å². The average Bonchev–Trinajstić information content (AvgIpc) is 3.44. The number of hydrogen-bond donors (Lipinski definition) is 1. The number of para-hydroxylation sites is 1. The van der Waals surface area contributed by atoms with Gasteiger partial charge >= 0.3 is 0 Å². The summed E-state index contributed by atoms with van der Waals surface area (Å²) in [4.78, 5) is 20.3.